The maximum atomic E-state index is 5.99. The van der Waals surface area contributed by atoms with Crippen LogP contribution in [0.4, 0.5) is 0 Å². The molecule has 2 N–H and O–H groups in total. The molecular weight excluding hydrogens is 226 g/mol. The lowest BCUT2D eigenvalue weighted by molar-refractivity contribution is 0.116. The molecule has 3 nitrogen and oxygen atoms in total. The van der Waals surface area contributed by atoms with E-state index >= 15 is 0 Å². The second-order valence-corrected chi connectivity index (χ2v) is 5.06. The summed E-state index contributed by atoms with van der Waals surface area (Å²) >= 11 is 0. The van der Waals surface area contributed by atoms with Crippen LogP contribution >= 0.6 is 0 Å². The maximum absolute atomic E-state index is 5.99. The third-order valence-electron chi connectivity index (χ3n) is 3.70. The lowest BCUT2D eigenvalue weighted by Crippen LogP contribution is -2.24. The van der Waals surface area contributed by atoms with Crippen LogP contribution in [0, 0.1) is 0 Å². The Bertz CT molecular complexity index is 388. The van der Waals surface area contributed by atoms with Gasteiger partial charge in [-0.05, 0) is 55.8 Å². The summed E-state index contributed by atoms with van der Waals surface area (Å²) in [6.45, 7) is 2.91. The average molecular weight is 249 g/mol. The minimum absolute atomic E-state index is 0.374. The van der Waals surface area contributed by atoms with Crippen molar-refractivity contribution in [3.8, 4) is 11.5 Å². The topological polar surface area (TPSA) is 44.5 Å². The van der Waals surface area contributed by atoms with E-state index in [1.54, 1.807) is 7.11 Å². The molecule has 100 valence electrons. The molecular formula is C15H23NO2. The van der Waals surface area contributed by atoms with E-state index in [4.69, 9.17) is 15.2 Å². The molecule has 0 radical (unpaired) electrons. The lowest BCUT2D eigenvalue weighted by atomic mass is 9.95. The summed E-state index contributed by atoms with van der Waals surface area (Å²) in [6.07, 6.45) is 4.96. The fourth-order valence-corrected chi connectivity index (χ4v) is 2.18. The highest BCUT2D eigenvalue weighted by atomic mass is 16.5. The van der Waals surface area contributed by atoms with Gasteiger partial charge in [0, 0.05) is 0 Å². The molecule has 0 aliphatic heterocycles. The van der Waals surface area contributed by atoms with Crippen molar-refractivity contribution in [2.24, 2.45) is 5.73 Å². The molecule has 1 aromatic rings. The molecule has 0 amide bonds. The van der Waals surface area contributed by atoms with Gasteiger partial charge in [-0.2, -0.15) is 0 Å². The zero-order chi connectivity index (χ0) is 13.0. The molecule has 1 aliphatic rings. The van der Waals surface area contributed by atoms with E-state index in [1.165, 1.54) is 12.0 Å². The number of rotatable bonds is 6. The first-order chi connectivity index (χ1) is 8.74. The van der Waals surface area contributed by atoms with Crippen molar-refractivity contribution in [1.82, 2.24) is 0 Å². The van der Waals surface area contributed by atoms with Gasteiger partial charge in [-0.3, -0.25) is 0 Å². The standard InChI is InChI=1S/C15H23NO2/c1-11(8-9-16)12-6-7-14(17-2)15(10-12)18-13-4-3-5-13/h6-7,10-11,13H,3-5,8-9,16H2,1-2H3. The van der Waals surface area contributed by atoms with Gasteiger partial charge in [0.25, 0.3) is 0 Å². The van der Waals surface area contributed by atoms with Gasteiger partial charge in [-0.15, -0.1) is 0 Å². The van der Waals surface area contributed by atoms with Crippen LogP contribution in [-0.2, 0) is 0 Å². The molecule has 0 aromatic heterocycles. The monoisotopic (exact) mass is 249 g/mol. The summed E-state index contributed by atoms with van der Waals surface area (Å²) in [5.41, 5.74) is 6.89. The first kappa shape index (κ1) is 13.2. The van der Waals surface area contributed by atoms with Gasteiger partial charge in [-0.25, -0.2) is 0 Å². The van der Waals surface area contributed by atoms with E-state index in [2.05, 4.69) is 19.1 Å². The van der Waals surface area contributed by atoms with Crippen LogP contribution in [-0.4, -0.2) is 19.8 Å². The van der Waals surface area contributed by atoms with Gasteiger partial charge < -0.3 is 15.2 Å². The van der Waals surface area contributed by atoms with Crippen molar-refractivity contribution in [3.63, 3.8) is 0 Å². The van der Waals surface area contributed by atoms with Gasteiger partial charge in [0.2, 0.25) is 0 Å². The SMILES string of the molecule is COc1ccc(C(C)CCN)cc1OC1CCC1. The summed E-state index contributed by atoms with van der Waals surface area (Å²) in [5.74, 6) is 2.17. The quantitative estimate of drug-likeness (QED) is 0.842. The molecule has 18 heavy (non-hydrogen) atoms. The minimum Gasteiger partial charge on any atom is -0.493 e. The molecule has 1 aromatic carbocycles. The number of hydrogen-bond donors (Lipinski definition) is 1. The highest BCUT2D eigenvalue weighted by Crippen LogP contribution is 2.35. The van der Waals surface area contributed by atoms with Crippen LogP contribution in [0.1, 0.15) is 44.1 Å². The van der Waals surface area contributed by atoms with Crippen molar-refractivity contribution >= 4 is 0 Å². The Kier molecular flexibility index (Phi) is 4.48. The third kappa shape index (κ3) is 2.96. The summed E-state index contributed by atoms with van der Waals surface area (Å²) in [7, 11) is 1.69. The molecule has 2 rings (SSSR count). The number of hydrogen-bond acceptors (Lipinski definition) is 3. The van der Waals surface area contributed by atoms with E-state index in [9.17, 15) is 0 Å². The van der Waals surface area contributed by atoms with Crippen LogP contribution in [0.3, 0.4) is 0 Å². The van der Waals surface area contributed by atoms with E-state index in [-0.39, 0.29) is 0 Å². The normalized spacial score (nSPS) is 17.1. The molecule has 0 spiro atoms. The Morgan fingerprint density at radius 2 is 2.11 bits per heavy atom. The number of ether oxygens (including phenoxy) is 2. The molecule has 3 heteroatoms. The molecule has 0 saturated heterocycles. The predicted molar refractivity (Wildman–Crippen MR) is 73.3 cm³/mol. The summed E-state index contributed by atoms with van der Waals surface area (Å²) in [6, 6.07) is 6.21. The smallest absolute Gasteiger partial charge is 0.161 e. The number of benzene rings is 1. The second-order valence-electron chi connectivity index (χ2n) is 5.06. The first-order valence-electron chi connectivity index (χ1n) is 6.79. The fraction of sp³-hybridized carbons (Fsp3) is 0.600. The van der Waals surface area contributed by atoms with Crippen molar-refractivity contribution in [3.05, 3.63) is 23.8 Å². The third-order valence-corrected chi connectivity index (χ3v) is 3.70. The Labute approximate surface area is 109 Å². The Morgan fingerprint density at radius 1 is 1.33 bits per heavy atom. The van der Waals surface area contributed by atoms with Crippen LogP contribution in [0.5, 0.6) is 11.5 Å². The van der Waals surface area contributed by atoms with Crippen LogP contribution in [0.25, 0.3) is 0 Å². The largest absolute Gasteiger partial charge is 0.493 e. The lowest BCUT2D eigenvalue weighted by Gasteiger charge is -2.27. The molecule has 1 fully saturated rings. The Morgan fingerprint density at radius 3 is 2.67 bits per heavy atom. The molecule has 1 aliphatic carbocycles. The molecule has 0 bridgehead atoms. The summed E-state index contributed by atoms with van der Waals surface area (Å²) in [4.78, 5) is 0. The van der Waals surface area contributed by atoms with E-state index in [1.807, 2.05) is 6.07 Å². The van der Waals surface area contributed by atoms with Gasteiger partial charge in [0.15, 0.2) is 11.5 Å². The van der Waals surface area contributed by atoms with Crippen molar-refractivity contribution in [2.75, 3.05) is 13.7 Å². The molecule has 1 atom stereocenters. The van der Waals surface area contributed by atoms with Crippen molar-refractivity contribution in [1.29, 1.82) is 0 Å². The fourth-order valence-electron chi connectivity index (χ4n) is 2.18. The highest BCUT2D eigenvalue weighted by molar-refractivity contribution is 5.44. The number of nitrogens with two attached hydrogens (primary N) is 1. The van der Waals surface area contributed by atoms with E-state index in [0.717, 1.165) is 30.8 Å². The van der Waals surface area contributed by atoms with E-state index < -0.39 is 0 Å². The van der Waals surface area contributed by atoms with Crippen LogP contribution in [0.15, 0.2) is 18.2 Å². The Hall–Kier alpha value is -1.22. The van der Waals surface area contributed by atoms with Gasteiger partial charge >= 0.3 is 0 Å². The predicted octanol–water partition coefficient (Wildman–Crippen LogP) is 3.08. The zero-order valence-corrected chi connectivity index (χ0v) is 11.3. The minimum atomic E-state index is 0.374. The van der Waals surface area contributed by atoms with Crippen molar-refractivity contribution in [2.45, 2.75) is 44.6 Å². The average Bonchev–Trinajstić information content (AvgIpc) is 2.34. The van der Waals surface area contributed by atoms with Gasteiger partial charge in [-0.1, -0.05) is 13.0 Å². The maximum Gasteiger partial charge on any atom is 0.161 e. The summed E-state index contributed by atoms with van der Waals surface area (Å²) in [5, 5.41) is 0. The van der Waals surface area contributed by atoms with Crippen LogP contribution < -0.4 is 15.2 Å². The first-order valence-corrected chi connectivity index (χ1v) is 6.79. The zero-order valence-electron chi connectivity index (χ0n) is 11.3. The second kappa shape index (κ2) is 6.10. The van der Waals surface area contributed by atoms with Gasteiger partial charge in [0.05, 0.1) is 13.2 Å². The van der Waals surface area contributed by atoms with Crippen LogP contribution in [0.2, 0.25) is 0 Å². The van der Waals surface area contributed by atoms with Crippen molar-refractivity contribution < 1.29 is 9.47 Å². The highest BCUT2D eigenvalue weighted by Gasteiger charge is 2.21. The summed E-state index contributed by atoms with van der Waals surface area (Å²) < 4.78 is 11.3. The van der Waals surface area contributed by atoms with Gasteiger partial charge in [0.1, 0.15) is 0 Å². The molecule has 1 unspecified atom stereocenters. The molecule has 0 heterocycles. The Balaban J connectivity index is 2.15. The molecule has 1 saturated carbocycles. The van der Waals surface area contributed by atoms with E-state index in [0.29, 0.717) is 18.6 Å². The number of methoxy groups -OCH3 is 1.